The molecular weight excluding hydrogens is 278 g/mol. The summed E-state index contributed by atoms with van der Waals surface area (Å²) in [6.45, 7) is 17.6. The van der Waals surface area contributed by atoms with Gasteiger partial charge in [-0.15, -0.1) is 0 Å². The van der Waals surface area contributed by atoms with Gasteiger partial charge in [0, 0.05) is 5.69 Å². The third-order valence-electron chi connectivity index (χ3n) is 4.25. The molecule has 0 aliphatic heterocycles. The Morgan fingerprint density at radius 3 is 1.87 bits per heavy atom. The molecule has 0 heterocycles. The van der Waals surface area contributed by atoms with Gasteiger partial charge in [0.25, 0.3) is 0 Å². The minimum atomic E-state index is -0.0433. The Bertz CT molecular complexity index is 710. The molecule has 1 nitrogen and oxygen atoms in total. The van der Waals surface area contributed by atoms with Crippen LogP contribution >= 0.6 is 0 Å². The predicted molar refractivity (Wildman–Crippen MR) is 103 cm³/mol. The fourth-order valence-electron chi connectivity index (χ4n) is 3.13. The number of anilines is 1. The van der Waals surface area contributed by atoms with E-state index in [1.54, 1.807) is 0 Å². The highest BCUT2D eigenvalue weighted by Crippen LogP contribution is 2.41. The first-order chi connectivity index (χ1) is 10.5. The van der Waals surface area contributed by atoms with E-state index in [9.17, 15) is 0 Å². The molecule has 122 valence electrons. The van der Waals surface area contributed by atoms with Crippen LogP contribution < -0.4 is 5.73 Å². The fourth-order valence-corrected chi connectivity index (χ4v) is 3.13. The molecule has 2 N–H and O–H groups in total. The normalized spacial score (nSPS) is 12.3. The number of nitrogen functional groups attached to an aromatic ring is 1. The van der Waals surface area contributed by atoms with Crippen molar-refractivity contribution in [3.05, 3.63) is 71.3 Å². The summed E-state index contributed by atoms with van der Waals surface area (Å²) >= 11 is 0. The lowest BCUT2D eigenvalue weighted by Crippen LogP contribution is -2.22. The average molecular weight is 307 g/mol. The second-order valence-electron chi connectivity index (χ2n) is 8.29. The zero-order valence-corrected chi connectivity index (χ0v) is 15.3. The average Bonchev–Trinajstić information content (AvgIpc) is 2.44. The number of hydrogen-bond acceptors (Lipinski definition) is 1. The van der Waals surface area contributed by atoms with E-state index in [2.05, 4.69) is 72.4 Å². The van der Waals surface area contributed by atoms with E-state index in [1.165, 1.54) is 11.1 Å². The van der Waals surface area contributed by atoms with Gasteiger partial charge in [0.05, 0.1) is 0 Å². The Morgan fingerprint density at radius 2 is 1.39 bits per heavy atom. The molecule has 0 atom stereocenters. The predicted octanol–water partition coefficient (Wildman–Crippen LogP) is 5.93. The Balaban J connectivity index is 2.71. The van der Waals surface area contributed by atoms with Gasteiger partial charge in [0.2, 0.25) is 0 Å². The Morgan fingerprint density at radius 1 is 0.826 bits per heavy atom. The standard InChI is InChI=1S/C22H29N/c1-15(16-11-9-8-10-12-16)17-13-14-18(21(2,3)4)20(23)19(17)22(5,6)7/h8-14H,1,23H2,2-7H3. The second kappa shape index (κ2) is 5.88. The molecule has 2 rings (SSSR count). The van der Waals surface area contributed by atoms with Crippen LogP contribution in [-0.2, 0) is 10.8 Å². The van der Waals surface area contributed by atoms with Crippen LogP contribution in [0.25, 0.3) is 5.57 Å². The van der Waals surface area contributed by atoms with Gasteiger partial charge in [-0.1, -0.05) is 90.6 Å². The zero-order valence-electron chi connectivity index (χ0n) is 15.3. The van der Waals surface area contributed by atoms with Crippen LogP contribution in [0.15, 0.2) is 49.0 Å². The van der Waals surface area contributed by atoms with Crippen LogP contribution in [0.1, 0.15) is 63.8 Å². The molecule has 1 heteroatoms. The smallest absolute Gasteiger partial charge is 0.0396 e. The lowest BCUT2D eigenvalue weighted by molar-refractivity contribution is 0.572. The van der Waals surface area contributed by atoms with Crippen LogP contribution in [0.4, 0.5) is 5.69 Å². The summed E-state index contributed by atoms with van der Waals surface area (Å²) in [7, 11) is 0. The van der Waals surface area contributed by atoms with E-state index >= 15 is 0 Å². The van der Waals surface area contributed by atoms with Crippen molar-refractivity contribution in [2.45, 2.75) is 52.4 Å². The van der Waals surface area contributed by atoms with Gasteiger partial charge >= 0.3 is 0 Å². The van der Waals surface area contributed by atoms with E-state index < -0.39 is 0 Å². The maximum atomic E-state index is 6.63. The van der Waals surface area contributed by atoms with Gasteiger partial charge < -0.3 is 5.73 Å². The van der Waals surface area contributed by atoms with Crippen molar-refractivity contribution in [1.29, 1.82) is 0 Å². The highest BCUT2D eigenvalue weighted by Gasteiger charge is 2.27. The van der Waals surface area contributed by atoms with Gasteiger partial charge in [-0.3, -0.25) is 0 Å². The Labute approximate surface area is 141 Å². The number of rotatable bonds is 2. The van der Waals surface area contributed by atoms with Gasteiger partial charge in [0.15, 0.2) is 0 Å². The molecule has 2 aromatic rings. The molecule has 0 fully saturated rings. The highest BCUT2D eigenvalue weighted by atomic mass is 14.6. The molecule has 0 aromatic heterocycles. The molecule has 0 spiro atoms. The first-order valence-electron chi connectivity index (χ1n) is 8.21. The minimum absolute atomic E-state index is 0.0245. The van der Waals surface area contributed by atoms with Crippen molar-refractivity contribution in [3.8, 4) is 0 Å². The SMILES string of the molecule is C=C(c1ccccc1)c1ccc(C(C)(C)C)c(N)c1C(C)(C)C. The molecule has 23 heavy (non-hydrogen) atoms. The van der Waals surface area contributed by atoms with Gasteiger partial charge in [-0.25, -0.2) is 0 Å². The van der Waals surface area contributed by atoms with Crippen molar-refractivity contribution >= 4 is 11.3 Å². The van der Waals surface area contributed by atoms with E-state index in [-0.39, 0.29) is 10.8 Å². The van der Waals surface area contributed by atoms with Gasteiger partial charge in [-0.2, -0.15) is 0 Å². The van der Waals surface area contributed by atoms with Crippen molar-refractivity contribution in [3.63, 3.8) is 0 Å². The summed E-state index contributed by atoms with van der Waals surface area (Å²) in [6, 6.07) is 14.7. The largest absolute Gasteiger partial charge is 0.398 e. The number of benzene rings is 2. The molecule has 0 aliphatic rings. The molecule has 0 aliphatic carbocycles. The highest BCUT2D eigenvalue weighted by molar-refractivity contribution is 5.83. The van der Waals surface area contributed by atoms with Gasteiger partial charge in [0.1, 0.15) is 0 Å². The first kappa shape index (κ1) is 17.3. The lowest BCUT2D eigenvalue weighted by atomic mass is 9.75. The Hall–Kier alpha value is -2.02. The van der Waals surface area contributed by atoms with Crippen molar-refractivity contribution in [2.75, 3.05) is 5.73 Å². The molecule has 0 saturated heterocycles. The van der Waals surface area contributed by atoms with Crippen molar-refractivity contribution in [1.82, 2.24) is 0 Å². The van der Waals surface area contributed by atoms with Crippen LogP contribution in [0, 0.1) is 0 Å². The maximum absolute atomic E-state index is 6.63. The third kappa shape index (κ3) is 3.50. The van der Waals surface area contributed by atoms with E-state index in [1.807, 2.05) is 18.2 Å². The quantitative estimate of drug-likeness (QED) is 0.684. The topological polar surface area (TPSA) is 26.0 Å². The van der Waals surface area contributed by atoms with E-state index in [4.69, 9.17) is 5.73 Å². The van der Waals surface area contributed by atoms with Gasteiger partial charge in [-0.05, 0) is 38.7 Å². The minimum Gasteiger partial charge on any atom is -0.398 e. The molecule has 0 amide bonds. The first-order valence-corrected chi connectivity index (χ1v) is 8.21. The molecule has 0 bridgehead atoms. The van der Waals surface area contributed by atoms with Crippen LogP contribution in [0.5, 0.6) is 0 Å². The number of hydrogen-bond donors (Lipinski definition) is 1. The molecule has 2 aromatic carbocycles. The van der Waals surface area contributed by atoms with Crippen molar-refractivity contribution < 1.29 is 0 Å². The summed E-state index contributed by atoms with van der Waals surface area (Å²) in [5.74, 6) is 0. The second-order valence-corrected chi connectivity index (χ2v) is 8.29. The van der Waals surface area contributed by atoms with Crippen LogP contribution in [0.3, 0.4) is 0 Å². The zero-order chi connectivity index (χ0) is 17.4. The molecule has 0 radical (unpaired) electrons. The van der Waals surface area contributed by atoms with E-state index in [0.29, 0.717) is 0 Å². The van der Waals surface area contributed by atoms with Crippen LogP contribution in [0.2, 0.25) is 0 Å². The molecular formula is C22H29N. The monoisotopic (exact) mass is 307 g/mol. The fraction of sp³-hybridized carbons (Fsp3) is 0.364. The summed E-state index contributed by atoms with van der Waals surface area (Å²) in [4.78, 5) is 0. The summed E-state index contributed by atoms with van der Waals surface area (Å²) in [6.07, 6.45) is 0. The Kier molecular flexibility index (Phi) is 4.43. The summed E-state index contributed by atoms with van der Waals surface area (Å²) in [5.41, 5.74) is 13.2. The molecule has 0 saturated carbocycles. The summed E-state index contributed by atoms with van der Waals surface area (Å²) < 4.78 is 0. The maximum Gasteiger partial charge on any atom is 0.0396 e. The van der Waals surface area contributed by atoms with E-state index in [0.717, 1.165) is 22.4 Å². The number of nitrogens with two attached hydrogens (primary N) is 1. The van der Waals surface area contributed by atoms with Crippen LogP contribution in [-0.4, -0.2) is 0 Å². The summed E-state index contributed by atoms with van der Waals surface area (Å²) in [5, 5.41) is 0. The third-order valence-corrected chi connectivity index (χ3v) is 4.25. The molecule has 0 unspecified atom stereocenters. The lowest BCUT2D eigenvalue weighted by Gasteiger charge is -2.31. The van der Waals surface area contributed by atoms with Crippen molar-refractivity contribution in [2.24, 2.45) is 0 Å².